The van der Waals surface area contributed by atoms with Crippen LogP contribution in [0.4, 0.5) is 0 Å². The maximum atomic E-state index is 12.7. The van der Waals surface area contributed by atoms with E-state index in [1.165, 1.54) is 0 Å². The van der Waals surface area contributed by atoms with Crippen LogP contribution in [-0.4, -0.2) is 33.7 Å². The van der Waals surface area contributed by atoms with Gasteiger partial charge in [-0.2, -0.15) is 5.10 Å². The third-order valence-electron chi connectivity index (χ3n) is 5.66. The summed E-state index contributed by atoms with van der Waals surface area (Å²) in [4.78, 5) is 26.7. The maximum absolute atomic E-state index is 12.7. The van der Waals surface area contributed by atoms with Crippen molar-refractivity contribution in [2.45, 2.75) is 58.7 Å². The van der Waals surface area contributed by atoms with E-state index >= 15 is 0 Å². The average Bonchev–Trinajstić information content (AvgIpc) is 3.20. The van der Waals surface area contributed by atoms with E-state index in [-0.39, 0.29) is 11.5 Å². The first-order chi connectivity index (χ1) is 14.5. The number of nitrogens with zero attached hydrogens (tertiary/aromatic N) is 3. The van der Waals surface area contributed by atoms with Crippen molar-refractivity contribution in [3.63, 3.8) is 0 Å². The van der Waals surface area contributed by atoms with Crippen molar-refractivity contribution in [1.29, 1.82) is 0 Å². The molecule has 0 fully saturated rings. The summed E-state index contributed by atoms with van der Waals surface area (Å²) in [6.45, 7) is 4.99. The number of likely N-dealkylation sites (N-methyl/N-ethyl adjacent to an activating group) is 1. The molecule has 30 heavy (non-hydrogen) atoms. The van der Waals surface area contributed by atoms with Crippen LogP contribution in [0.5, 0.6) is 5.75 Å². The summed E-state index contributed by atoms with van der Waals surface area (Å²) in [6.07, 6.45) is 6.81. The predicted molar refractivity (Wildman–Crippen MR) is 114 cm³/mol. The molecule has 1 aliphatic carbocycles. The summed E-state index contributed by atoms with van der Waals surface area (Å²) in [5.41, 5.74) is 3.12. The first-order valence-corrected chi connectivity index (χ1v) is 10.5. The molecular weight excluding hydrogens is 382 g/mol. The van der Waals surface area contributed by atoms with E-state index in [1.54, 1.807) is 31.1 Å². The van der Waals surface area contributed by atoms with Crippen LogP contribution < -0.4 is 10.4 Å². The number of rotatable bonds is 6. The highest BCUT2D eigenvalue weighted by Crippen LogP contribution is 2.29. The molecule has 0 saturated carbocycles. The van der Waals surface area contributed by atoms with Gasteiger partial charge in [-0.05, 0) is 57.2 Å². The number of amides is 1. The number of aromatic nitrogens is 2. The van der Waals surface area contributed by atoms with Gasteiger partial charge in [0.05, 0.1) is 6.20 Å². The minimum Gasteiger partial charge on any atom is -0.481 e. The number of hydrogen-bond donors (Lipinski definition) is 0. The molecule has 1 aromatic carbocycles. The molecular formula is C23H27N3O4. The molecule has 158 valence electrons. The van der Waals surface area contributed by atoms with E-state index in [0.29, 0.717) is 17.9 Å². The molecule has 1 amide bonds. The van der Waals surface area contributed by atoms with Gasteiger partial charge in [-0.1, -0.05) is 0 Å². The summed E-state index contributed by atoms with van der Waals surface area (Å²) in [5.74, 6) is 0.376. The Bertz CT molecular complexity index is 1130. The average molecular weight is 409 g/mol. The topological polar surface area (TPSA) is 77.6 Å². The third kappa shape index (κ3) is 3.97. The van der Waals surface area contributed by atoms with E-state index in [1.807, 2.05) is 29.9 Å². The Balaban J connectivity index is 1.48. The number of carbonyl (C=O) groups excluding carboxylic acids is 1. The smallest absolute Gasteiger partial charge is 0.339 e. The van der Waals surface area contributed by atoms with Crippen molar-refractivity contribution in [3.05, 3.63) is 57.7 Å². The standard InChI is InChI=1S/C23H27N3O4/c1-4-26-14-16(12-24-26)13-25(3)22(27)15(2)29-17-9-10-19-18-7-5-6-8-20(18)23(28)30-21(19)11-17/h9-12,14-15H,4-8,13H2,1-3H3. The number of carbonyl (C=O) groups is 1. The van der Waals surface area contributed by atoms with E-state index in [9.17, 15) is 9.59 Å². The van der Waals surface area contributed by atoms with Crippen LogP contribution in [0.1, 0.15) is 43.4 Å². The lowest BCUT2D eigenvalue weighted by molar-refractivity contribution is -0.137. The second kappa shape index (κ2) is 8.34. The molecule has 4 rings (SSSR count). The van der Waals surface area contributed by atoms with E-state index < -0.39 is 6.10 Å². The fourth-order valence-corrected chi connectivity index (χ4v) is 4.08. The molecule has 7 nitrogen and oxygen atoms in total. The van der Waals surface area contributed by atoms with Gasteiger partial charge in [-0.15, -0.1) is 0 Å². The van der Waals surface area contributed by atoms with Gasteiger partial charge in [0.1, 0.15) is 11.3 Å². The monoisotopic (exact) mass is 409 g/mol. The van der Waals surface area contributed by atoms with Gasteiger partial charge in [0, 0.05) is 48.9 Å². The lowest BCUT2D eigenvalue weighted by Gasteiger charge is -2.22. The Morgan fingerprint density at radius 2 is 2.07 bits per heavy atom. The highest BCUT2D eigenvalue weighted by Gasteiger charge is 2.22. The Labute approximate surface area is 175 Å². The van der Waals surface area contributed by atoms with Gasteiger partial charge >= 0.3 is 5.63 Å². The minimum atomic E-state index is -0.669. The van der Waals surface area contributed by atoms with Gasteiger partial charge in [-0.3, -0.25) is 9.48 Å². The molecule has 0 bridgehead atoms. The second-order valence-corrected chi connectivity index (χ2v) is 7.87. The SMILES string of the molecule is CCn1cc(CN(C)C(=O)C(C)Oc2ccc3c4c(c(=O)oc3c2)CCCC4)cn1. The van der Waals surface area contributed by atoms with Crippen LogP contribution in [-0.2, 0) is 30.7 Å². The highest BCUT2D eigenvalue weighted by molar-refractivity contribution is 5.83. The largest absolute Gasteiger partial charge is 0.481 e. The molecule has 1 atom stereocenters. The molecule has 2 heterocycles. The van der Waals surface area contributed by atoms with Crippen molar-refractivity contribution < 1.29 is 13.9 Å². The van der Waals surface area contributed by atoms with Crippen LogP contribution in [0.15, 0.2) is 39.8 Å². The Morgan fingerprint density at radius 3 is 2.80 bits per heavy atom. The fraction of sp³-hybridized carbons (Fsp3) is 0.435. The maximum Gasteiger partial charge on any atom is 0.339 e. The van der Waals surface area contributed by atoms with Crippen LogP contribution in [0.2, 0.25) is 0 Å². The lowest BCUT2D eigenvalue weighted by atomic mass is 9.91. The van der Waals surface area contributed by atoms with Crippen molar-refractivity contribution in [1.82, 2.24) is 14.7 Å². The summed E-state index contributed by atoms with van der Waals surface area (Å²) < 4.78 is 13.2. The lowest BCUT2D eigenvalue weighted by Crippen LogP contribution is -2.37. The third-order valence-corrected chi connectivity index (χ3v) is 5.66. The van der Waals surface area contributed by atoms with E-state index in [2.05, 4.69) is 5.10 Å². The molecule has 1 aliphatic rings. The zero-order valence-corrected chi connectivity index (χ0v) is 17.7. The first kappa shape index (κ1) is 20.2. The molecule has 2 aromatic heterocycles. The summed E-state index contributed by atoms with van der Waals surface area (Å²) in [6, 6.07) is 5.48. The molecule has 7 heteroatoms. The zero-order valence-electron chi connectivity index (χ0n) is 17.7. The predicted octanol–water partition coefficient (Wildman–Crippen LogP) is 3.31. The highest BCUT2D eigenvalue weighted by atomic mass is 16.5. The number of benzene rings is 1. The van der Waals surface area contributed by atoms with Gasteiger partial charge in [-0.25, -0.2) is 4.79 Å². The number of fused-ring (bicyclic) bond motifs is 3. The van der Waals surface area contributed by atoms with Crippen molar-refractivity contribution >= 4 is 16.9 Å². The van der Waals surface area contributed by atoms with Gasteiger partial charge in [0.15, 0.2) is 6.10 Å². The van der Waals surface area contributed by atoms with Gasteiger partial charge < -0.3 is 14.1 Å². The number of aryl methyl sites for hydroxylation is 2. The van der Waals surface area contributed by atoms with Crippen LogP contribution in [0.3, 0.4) is 0 Å². The first-order valence-electron chi connectivity index (χ1n) is 10.5. The van der Waals surface area contributed by atoms with Gasteiger partial charge in [0.25, 0.3) is 5.91 Å². The fourth-order valence-electron chi connectivity index (χ4n) is 4.08. The Morgan fingerprint density at radius 1 is 1.30 bits per heavy atom. The molecule has 0 aliphatic heterocycles. The van der Waals surface area contributed by atoms with Gasteiger partial charge in [0.2, 0.25) is 0 Å². The molecule has 0 spiro atoms. The summed E-state index contributed by atoms with van der Waals surface area (Å²) in [7, 11) is 1.75. The summed E-state index contributed by atoms with van der Waals surface area (Å²) >= 11 is 0. The molecule has 1 unspecified atom stereocenters. The van der Waals surface area contributed by atoms with Crippen molar-refractivity contribution in [3.8, 4) is 5.75 Å². The molecule has 0 saturated heterocycles. The van der Waals surface area contributed by atoms with Crippen molar-refractivity contribution in [2.24, 2.45) is 0 Å². The van der Waals surface area contributed by atoms with E-state index in [4.69, 9.17) is 9.15 Å². The van der Waals surface area contributed by atoms with Crippen molar-refractivity contribution in [2.75, 3.05) is 7.05 Å². The normalized spacial score (nSPS) is 14.4. The van der Waals surface area contributed by atoms with Crippen LogP contribution >= 0.6 is 0 Å². The number of hydrogen-bond acceptors (Lipinski definition) is 5. The number of ether oxygens (including phenoxy) is 1. The summed E-state index contributed by atoms with van der Waals surface area (Å²) in [5, 5.41) is 5.20. The zero-order chi connectivity index (χ0) is 21.3. The van der Waals surface area contributed by atoms with E-state index in [0.717, 1.165) is 54.3 Å². The molecule has 0 radical (unpaired) electrons. The van der Waals surface area contributed by atoms with Crippen LogP contribution in [0, 0.1) is 0 Å². The quantitative estimate of drug-likeness (QED) is 0.584. The Hall–Kier alpha value is -3.09. The molecule has 3 aromatic rings. The second-order valence-electron chi connectivity index (χ2n) is 7.87. The molecule has 0 N–H and O–H groups in total. The van der Waals surface area contributed by atoms with Crippen LogP contribution in [0.25, 0.3) is 11.0 Å². The Kier molecular flexibility index (Phi) is 5.61. The minimum absolute atomic E-state index is 0.133.